The van der Waals surface area contributed by atoms with Gasteiger partial charge in [-0.15, -0.1) is 21.5 Å². The van der Waals surface area contributed by atoms with Crippen LogP contribution in [0.15, 0.2) is 40.9 Å². The van der Waals surface area contributed by atoms with E-state index in [4.69, 9.17) is 9.47 Å². The highest BCUT2D eigenvalue weighted by Gasteiger charge is 2.13. The first-order valence-corrected chi connectivity index (χ1v) is 11.2. The van der Waals surface area contributed by atoms with Gasteiger partial charge in [0.05, 0.1) is 19.0 Å². The Kier molecular flexibility index (Phi) is 6.36. The van der Waals surface area contributed by atoms with Crippen molar-refractivity contribution < 1.29 is 14.3 Å². The minimum absolute atomic E-state index is 0.0510. The van der Waals surface area contributed by atoms with E-state index in [1.54, 1.807) is 11.3 Å². The Morgan fingerprint density at radius 2 is 2.10 bits per heavy atom. The Morgan fingerprint density at radius 3 is 2.93 bits per heavy atom. The van der Waals surface area contributed by atoms with Crippen LogP contribution in [0.3, 0.4) is 0 Å². The Bertz CT molecular complexity index is 972. The first kappa shape index (κ1) is 19.8. The van der Waals surface area contributed by atoms with E-state index in [-0.39, 0.29) is 11.7 Å². The van der Waals surface area contributed by atoms with Crippen molar-refractivity contribution in [1.29, 1.82) is 0 Å². The van der Waals surface area contributed by atoms with Crippen LogP contribution in [-0.2, 0) is 24.8 Å². The lowest BCUT2D eigenvalue weighted by Crippen LogP contribution is -2.24. The number of nitrogens with zero attached hydrogens (tertiary/aromatic N) is 3. The van der Waals surface area contributed by atoms with Crippen LogP contribution >= 0.6 is 23.1 Å². The fourth-order valence-electron chi connectivity index (χ4n) is 2.89. The van der Waals surface area contributed by atoms with E-state index in [0.29, 0.717) is 19.8 Å². The molecule has 0 unspecified atom stereocenters. The second-order valence-electron chi connectivity index (χ2n) is 6.61. The second kappa shape index (κ2) is 9.32. The molecule has 7 nitrogen and oxygen atoms in total. The SMILES string of the molecule is Cn1c(Cc2cccs2)nnc1SCC(=O)NCc1ccc2c(c1)OCCCO2. The number of hydrogen-bond acceptors (Lipinski definition) is 7. The molecule has 152 valence electrons. The quantitative estimate of drug-likeness (QED) is 0.581. The molecule has 2 aromatic heterocycles. The van der Waals surface area contributed by atoms with E-state index in [0.717, 1.165) is 40.9 Å². The average molecular weight is 431 g/mol. The van der Waals surface area contributed by atoms with Gasteiger partial charge >= 0.3 is 0 Å². The van der Waals surface area contributed by atoms with Crippen molar-refractivity contribution in [3.63, 3.8) is 0 Å². The van der Waals surface area contributed by atoms with Crippen molar-refractivity contribution in [2.75, 3.05) is 19.0 Å². The summed E-state index contributed by atoms with van der Waals surface area (Å²) >= 11 is 3.08. The summed E-state index contributed by atoms with van der Waals surface area (Å²) in [4.78, 5) is 13.5. The fourth-order valence-corrected chi connectivity index (χ4v) is 4.35. The summed E-state index contributed by atoms with van der Waals surface area (Å²) in [6.07, 6.45) is 1.62. The number of fused-ring (bicyclic) bond motifs is 1. The molecule has 1 amide bonds. The van der Waals surface area contributed by atoms with Gasteiger partial charge in [-0.1, -0.05) is 23.9 Å². The third kappa shape index (κ3) is 5.10. The van der Waals surface area contributed by atoms with Crippen LogP contribution in [0, 0.1) is 0 Å². The number of aromatic nitrogens is 3. The van der Waals surface area contributed by atoms with Crippen molar-refractivity contribution in [1.82, 2.24) is 20.1 Å². The van der Waals surface area contributed by atoms with Crippen LogP contribution in [0.1, 0.15) is 22.7 Å². The van der Waals surface area contributed by atoms with Gasteiger partial charge in [-0.05, 0) is 29.1 Å². The summed E-state index contributed by atoms with van der Waals surface area (Å²) in [5.74, 6) is 2.62. The average Bonchev–Trinajstić information content (AvgIpc) is 3.29. The maximum Gasteiger partial charge on any atom is 0.230 e. The largest absolute Gasteiger partial charge is 0.490 e. The monoisotopic (exact) mass is 430 g/mol. The Labute approximate surface area is 177 Å². The van der Waals surface area contributed by atoms with Crippen LogP contribution in [0.25, 0.3) is 0 Å². The number of nitrogens with one attached hydrogen (secondary N) is 1. The van der Waals surface area contributed by atoms with E-state index in [9.17, 15) is 4.79 Å². The van der Waals surface area contributed by atoms with E-state index in [1.165, 1.54) is 16.6 Å². The molecule has 0 saturated carbocycles. The molecule has 0 aliphatic carbocycles. The van der Waals surface area contributed by atoms with Crippen LogP contribution in [0.2, 0.25) is 0 Å². The first-order chi connectivity index (χ1) is 14.2. The predicted octanol–water partition coefficient (Wildman–Crippen LogP) is 3.04. The number of thiophene rings is 1. The molecule has 3 heterocycles. The van der Waals surface area contributed by atoms with Crippen LogP contribution < -0.4 is 14.8 Å². The normalized spacial score (nSPS) is 13.1. The van der Waals surface area contributed by atoms with Gasteiger partial charge in [-0.25, -0.2) is 0 Å². The first-order valence-electron chi connectivity index (χ1n) is 9.38. The highest BCUT2D eigenvalue weighted by Crippen LogP contribution is 2.30. The van der Waals surface area contributed by atoms with Crippen molar-refractivity contribution in [3.8, 4) is 11.5 Å². The maximum absolute atomic E-state index is 12.3. The summed E-state index contributed by atoms with van der Waals surface area (Å²) < 4.78 is 13.3. The maximum atomic E-state index is 12.3. The van der Waals surface area contributed by atoms with Gasteiger partial charge in [0.2, 0.25) is 5.91 Å². The lowest BCUT2D eigenvalue weighted by molar-refractivity contribution is -0.118. The molecule has 0 fully saturated rings. The number of thioether (sulfide) groups is 1. The van der Waals surface area contributed by atoms with Gasteiger partial charge in [0.15, 0.2) is 16.7 Å². The van der Waals surface area contributed by atoms with Crippen LogP contribution in [0.5, 0.6) is 11.5 Å². The molecule has 29 heavy (non-hydrogen) atoms. The molecule has 0 atom stereocenters. The van der Waals surface area contributed by atoms with Gasteiger partial charge < -0.3 is 19.4 Å². The molecule has 3 aromatic rings. The lowest BCUT2D eigenvalue weighted by atomic mass is 10.2. The summed E-state index contributed by atoms with van der Waals surface area (Å²) in [6, 6.07) is 9.87. The Morgan fingerprint density at radius 1 is 1.24 bits per heavy atom. The van der Waals surface area contributed by atoms with Crippen LogP contribution in [0.4, 0.5) is 0 Å². The summed E-state index contributed by atoms with van der Waals surface area (Å²) in [6.45, 7) is 1.75. The van der Waals surface area contributed by atoms with Crippen LogP contribution in [-0.4, -0.2) is 39.6 Å². The highest BCUT2D eigenvalue weighted by molar-refractivity contribution is 7.99. The number of amides is 1. The Hall–Kier alpha value is -2.52. The molecule has 0 radical (unpaired) electrons. The standard InChI is InChI=1S/C20H22N4O3S2/c1-24-18(11-15-4-2-9-28-15)22-23-20(24)29-13-19(25)21-12-14-5-6-16-17(10-14)27-8-3-7-26-16/h2,4-6,9-10H,3,7-8,11-13H2,1H3,(H,21,25). The Balaban J connectivity index is 1.27. The lowest BCUT2D eigenvalue weighted by Gasteiger charge is -2.10. The van der Waals surface area contributed by atoms with Gasteiger partial charge in [-0.2, -0.15) is 0 Å². The summed E-state index contributed by atoms with van der Waals surface area (Å²) in [5.41, 5.74) is 0.976. The van der Waals surface area contributed by atoms with E-state index >= 15 is 0 Å². The minimum atomic E-state index is -0.0510. The molecule has 1 aromatic carbocycles. The molecule has 1 aliphatic rings. The van der Waals surface area contributed by atoms with E-state index < -0.39 is 0 Å². The summed E-state index contributed by atoms with van der Waals surface area (Å²) in [5, 5.41) is 14.2. The van der Waals surface area contributed by atoms with Gasteiger partial charge in [-0.3, -0.25) is 4.79 Å². The highest BCUT2D eigenvalue weighted by atomic mass is 32.2. The van der Waals surface area contributed by atoms with E-state index in [1.807, 2.05) is 35.9 Å². The number of benzene rings is 1. The topological polar surface area (TPSA) is 78.3 Å². The number of hydrogen-bond donors (Lipinski definition) is 1. The second-order valence-corrected chi connectivity index (χ2v) is 8.59. The van der Waals surface area contributed by atoms with Gasteiger partial charge in [0, 0.05) is 31.3 Å². The predicted molar refractivity (Wildman–Crippen MR) is 113 cm³/mol. The molecule has 0 spiro atoms. The van der Waals surface area contributed by atoms with Crippen molar-refractivity contribution in [2.45, 2.75) is 24.5 Å². The number of carbonyl (C=O) groups is 1. The number of carbonyl (C=O) groups excluding carboxylic acids is 1. The third-order valence-electron chi connectivity index (χ3n) is 4.47. The molecule has 0 saturated heterocycles. The number of ether oxygens (including phenoxy) is 2. The summed E-state index contributed by atoms with van der Waals surface area (Å²) in [7, 11) is 1.93. The zero-order valence-electron chi connectivity index (χ0n) is 16.1. The fraction of sp³-hybridized carbons (Fsp3) is 0.350. The number of rotatable bonds is 7. The van der Waals surface area contributed by atoms with Crippen molar-refractivity contribution >= 4 is 29.0 Å². The third-order valence-corrected chi connectivity index (χ3v) is 6.37. The van der Waals surface area contributed by atoms with Crippen molar-refractivity contribution in [2.24, 2.45) is 7.05 Å². The zero-order valence-corrected chi connectivity index (χ0v) is 17.7. The zero-order chi connectivity index (χ0) is 20.1. The molecule has 1 N–H and O–H groups in total. The molecule has 1 aliphatic heterocycles. The van der Waals surface area contributed by atoms with Gasteiger partial charge in [0.1, 0.15) is 5.82 Å². The molecule has 4 rings (SSSR count). The van der Waals surface area contributed by atoms with Gasteiger partial charge in [0.25, 0.3) is 0 Å². The molecule has 9 heteroatoms. The smallest absolute Gasteiger partial charge is 0.230 e. The molecule has 0 bridgehead atoms. The molecular formula is C20H22N4O3S2. The molecular weight excluding hydrogens is 408 g/mol. The van der Waals surface area contributed by atoms with E-state index in [2.05, 4.69) is 27.0 Å². The minimum Gasteiger partial charge on any atom is -0.490 e. The van der Waals surface area contributed by atoms with Crippen molar-refractivity contribution in [3.05, 3.63) is 52.0 Å².